The van der Waals surface area contributed by atoms with Gasteiger partial charge in [0.05, 0.1) is 6.10 Å². The molecule has 0 bridgehead atoms. The predicted molar refractivity (Wildman–Crippen MR) is 207 cm³/mol. The zero-order chi connectivity index (χ0) is 35.0. The number of unbranched alkanes of at least 4 members (excludes halogenated alkanes) is 4. The first kappa shape index (κ1) is 38.6. The second kappa shape index (κ2) is 15.1. The Kier molecular flexibility index (Phi) is 12.2. The van der Waals surface area contributed by atoms with E-state index in [1.54, 1.807) is 11.1 Å². The second-order valence-corrected chi connectivity index (χ2v) is 29.2. The van der Waals surface area contributed by atoms with Gasteiger partial charge < -0.3 is 18.3 Å². The average molecular weight is 699 g/mol. The highest BCUT2D eigenvalue weighted by molar-refractivity contribution is 6.75. The van der Waals surface area contributed by atoms with Gasteiger partial charge in [0.25, 0.3) is 0 Å². The molecule has 4 nitrogen and oxygen atoms in total. The van der Waals surface area contributed by atoms with Crippen molar-refractivity contribution in [1.82, 2.24) is 0 Å². The summed E-state index contributed by atoms with van der Waals surface area (Å²) < 4.78 is 26.0. The average Bonchev–Trinajstić information content (AvgIpc) is 3.28. The summed E-state index contributed by atoms with van der Waals surface area (Å²) in [7, 11) is -3.75. The highest BCUT2D eigenvalue weighted by atomic mass is 28.4. The SMILES string of the molecule is CC(C)(C)[Si](C)(C)Oc1ccc2c(c1)CC[C@@H]1[C@@H]2CC[C@@]2(C)[C@H]1C[C@@H](CCCCCCCOC1CCCCO1)[C@@H]2O[Si](C)(C)C(C)(C)C. The van der Waals surface area contributed by atoms with E-state index in [0.29, 0.717) is 23.4 Å². The van der Waals surface area contributed by atoms with Crippen molar-refractivity contribution in [2.24, 2.45) is 23.2 Å². The van der Waals surface area contributed by atoms with Crippen LogP contribution >= 0.6 is 0 Å². The molecule has 3 aliphatic carbocycles. The molecule has 0 aromatic heterocycles. The summed E-state index contributed by atoms with van der Waals surface area (Å²) in [6.07, 6.45) is 18.2. The lowest BCUT2D eigenvalue weighted by Crippen LogP contribution is -2.51. The van der Waals surface area contributed by atoms with Crippen molar-refractivity contribution in [1.29, 1.82) is 0 Å². The zero-order valence-corrected chi connectivity index (χ0v) is 35.1. The van der Waals surface area contributed by atoms with Crippen LogP contribution in [0.15, 0.2) is 18.2 Å². The van der Waals surface area contributed by atoms with Gasteiger partial charge in [0.15, 0.2) is 14.6 Å². The molecule has 0 amide bonds. The van der Waals surface area contributed by atoms with Crippen LogP contribution < -0.4 is 4.43 Å². The molecule has 1 aromatic carbocycles. The first-order valence-corrected chi connectivity index (χ1v) is 26.0. The van der Waals surface area contributed by atoms with E-state index in [-0.39, 0.29) is 16.4 Å². The Bertz CT molecular complexity index is 1190. The number of aryl methyl sites for hydroxylation is 1. The number of benzene rings is 1. The molecule has 3 fully saturated rings. The van der Waals surface area contributed by atoms with Gasteiger partial charge in [0, 0.05) is 13.2 Å². The summed E-state index contributed by atoms with van der Waals surface area (Å²) in [4.78, 5) is 0. The van der Waals surface area contributed by atoms with Gasteiger partial charge in [-0.05, 0) is 153 Å². The van der Waals surface area contributed by atoms with Crippen LogP contribution in [0.3, 0.4) is 0 Å². The Hall–Kier alpha value is -0.666. The molecule has 1 heterocycles. The molecule has 0 N–H and O–H groups in total. The molecule has 48 heavy (non-hydrogen) atoms. The van der Waals surface area contributed by atoms with E-state index in [0.717, 1.165) is 43.6 Å². The van der Waals surface area contributed by atoms with Crippen molar-refractivity contribution in [3.63, 3.8) is 0 Å². The van der Waals surface area contributed by atoms with E-state index in [1.807, 2.05) is 0 Å². The fourth-order valence-corrected chi connectivity index (χ4v) is 11.8. The number of hydrogen-bond donors (Lipinski definition) is 0. The van der Waals surface area contributed by atoms with Crippen molar-refractivity contribution in [2.45, 2.75) is 193 Å². The standard InChI is InChI=1S/C42H74O4Si2/c1-40(2,3)47(8,9)45-33-22-24-34-31(29-33)21-23-36-35(34)25-26-42(7)37(36)30-32(39(42)46-48(10,11)41(4,5)6)19-15-13-12-14-17-27-43-38-20-16-18-28-44-38/h22,24,29,32,35-39H,12-21,23,25-28,30H2,1-11H3/t32-,35-,36-,37+,38?,39+,42+/m1/s1. The number of ether oxygens (including phenoxy) is 2. The molecule has 274 valence electrons. The maximum Gasteiger partial charge on any atom is 0.250 e. The zero-order valence-electron chi connectivity index (χ0n) is 33.1. The molecule has 7 atom stereocenters. The van der Waals surface area contributed by atoms with E-state index in [2.05, 4.69) is 92.9 Å². The van der Waals surface area contributed by atoms with Gasteiger partial charge in [-0.25, -0.2) is 0 Å². The van der Waals surface area contributed by atoms with Crippen molar-refractivity contribution in [2.75, 3.05) is 13.2 Å². The van der Waals surface area contributed by atoms with Crippen molar-refractivity contribution in [3.05, 3.63) is 29.3 Å². The van der Waals surface area contributed by atoms with E-state index in [4.69, 9.17) is 18.3 Å². The molecular weight excluding hydrogens is 625 g/mol. The second-order valence-electron chi connectivity index (χ2n) is 19.7. The third-order valence-corrected chi connectivity index (χ3v) is 23.2. The topological polar surface area (TPSA) is 36.9 Å². The highest BCUT2D eigenvalue weighted by Gasteiger charge is 2.60. The van der Waals surface area contributed by atoms with E-state index >= 15 is 0 Å². The Balaban J connectivity index is 1.23. The minimum atomic E-state index is -1.89. The molecule has 6 heteroatoms. The minimum absolute atomic E-state index is 0.0555. The fraction of sp³-hybridized carbons (Fsp3) is 0.857. The summed E-state index contributed by atoms with van der Waals surface area (Å²) in [5.41, 5.74) is 3.50. The smallest absolute Gasteiger partial charge is 0.250 e. The molecule has 1 aromatic rings. The first-order chi connectivity index (χ1) is 22.4. The van der Waals surface area contributed by atoms with Gasteiger partial charge >= 0.3 is 0 Å². The molecular formula is C42H74O4Si2. The normalized spacial score (nSPS) is 31.2. The number of rotatable bonds is 13. The lowest BCUT2D eigenvalue weighted by atomic mass is 9.55. The summed E-state index contributed by atoms with van der Waals surface area (Å²) in [5, 5.41) is 0.449. The predicted octanol–water partition coefficient (Wildman–Crippen LogP) is 12.4. The largest absolute Gasteiger partial charge is 0.543 e. The summed E-state index contributed by atoms with van der Waals surface area (Å²) in [6, 6.07) is 7.21. The van der Waals surface area contributed by atoms with Crippen molar-refractivity contribution < 1.29 is 18.3 Å². The lowest BCUT2D eigenvalue weighted by molar-refractivity contribution is -0.162. The van der Waals surface area contributed by atoms with Crippen LogP contribution in [0.1, 0.15) is 149 Å². The van der Waals surface area contributed by atoms with Crippen LogP contribution in [0.5, 0.6) is 5.75 Å². The minimum Gasteiger partial charge on any atom is -0.543 e. The molecule has 0 radical (unpaired) electrons. The molecule has 1 aliphatic heterocycles. The Morgan fingerprint density at radius 1 is 0.854 bits per heavy atom. The Morgan fingerprint density at radius 3 is 2.25 bits per heavy atom. The van der Waals surface area contributed by atoms with Crippen LogP contribution in [0.25, 0.3) is 0 Å². The summed E-state index contributed by atoms with van der Waals surface area (Å²) >= 11 is 0. The molecule has 4 aliphatic rings. The van der Waals surface area contributed by atoms with Gasteiger partial charge in [-0.3, -0.25) is 0 Å². The monoisotopic (exact) mass is 699 g/mol. The molecule has 1 saturated heterocycles. The van der Waals surface area contributed by atoms with Gasteiger partial charge in [-0.1, -0.05) is 80.2 Å². The third-order valence-electron chi connectivity index (χ3n) is 14.3. The number of fused-ring (bicyclic) bond motifs is 5. The molecule has 2 saturated carbocycles. The quantitative estimate of drug-likeness (QED) is 0.152. The van der Waals surface area contributed by atoms with Gasteiger partial charge in [0.1, 0.15) is 5.75 Å². The van der Waals surface area contributed by atoms with Crippen LogP contribution in [-0.2, 0) is 20.3 Å². The van der Waals surface area contributed by atoms with Crippen LogP contribution in [0.4, 0.5) is 0 Å². The molecule has 0 spiro atoms. The van der Waals surface area contributed by atoms with Gasteiger partial charge in [0.2, 0.25) is 8.32 Å². The lowest BCUT2D eigenvalue weighted by Gasteiger charge is -2.52. The third kappa shape index (κ3) is 8.51. The van der Waals surface area contributed by atoms with Crippen molar-refractivity contribution >= 4 is 16.6 Å². The summed E-state index contributed by atoms with van der Waals surface area (Å²) in [5.74, 6) is 4.05. The molecule has 1 unspecified atom stereocenters. The van der Waals surface area contributed by atoms with Crippen LogP contribution in [0, 0.1) is 23.2 Å². The van der Waals surface area contributed by atoms with Gasteiger partial charge in [-0.2, -0.15) is 0 Å². The number of hydrogen-bond acceptors (Lipinski definition) is 4. The maximum absolute atomic E-state index is 7.55. The molecule has 5 rings (SSSR count). The Morgan fingerprint density at radius 2 is 1.56 bits per heavy atom. The van der Waals surface area contributed by atoms with Gasteiger partial charge in [-0.15, -0.1) is 0 Å². The van der Waals surface area contributed by atoms with E-state index in [9.17, 15) is 0 Å². The highest BCUT2D eigenvalue weighted by Crippen LogP contribution is 2.64. The Labute approximate surface area is 298 Å². The van der Waals surface area contributed by atoms with E-state index in [1.165, 1.54) is 77.0 Å². The van der Waals surface area contributed by atoms with E-state index < -0.39 is 16.6 Å². The summed E-state index contributed by atoms with van der Waals surface area (Å²) in [6.45, 7) is 28.4. The maximum atomic E-state index is 7.55. The fourth-order valence-electron chi connectivity index (χ4n) is 9.29. The van der Waals surface area contributed by atoms with Crippen LogP contribution in [-0.4, -0.2) is 42.2 Å². The van der Waals surface area contributed by atoms with Crippen molar-refractivity contribution in [3.8, 4) is 5.75 Å². The van der Waals surface area contributed by atoms with Crippen LogP contribution in [0.2, 0.25) is 36.3 Å². The first-order valence-electron chi connectivity index (χ1n) is 20.2.